The summed E-state index contributed by atoms with van der Waals surface area (Å²) in [6, 6.07) is 0. The molecule has 1 aliphatic rings. The highest BCUT2D eigenvalue weighted by atomic mass is 35.5. The van der Waals surface area contributed by atoms with E-state index >= 15 is 0 Å². The molecule has 0 aromatic rings. The molecule has 1 atom stereocenters. The molecule has 1 saturated heterocycles. The quantitative estimate of drug-likeness (QED) is 0.297. The first-order valence-electron chi connectivity index (χ1n) is 8.07. The molecule has 0 aromatic carbocycles. The lowest BCUT2D eigenvalue weighted by Crippen LogP contribution is -3.00. The minimum absolute atomic E-state index is 0. The van der Waals surface area contributed by atoms with Gasteiger partial charge in [0, 0.05) is 0 Å². The highest BCUT2D eigenvalue weighted by Crippen LogP contribution is 2.15. The molecule has 0 radical (unpaired) electrons. The van der Waals surface area contributed by atoms with Gasteiger partial charge in [0.25, 0.3) is 0 Å². The SMILES string of the molecule is CCCCCCCCCCC[N+](C)(C)CC1CO1.[Cl-]. The molecule has 0 bridgehead atoms. The summed E-state index contributed by atoms with van der Waals surface area (Å²) in [5, 5.41) is 0. The number of nitrogens with zero attached hydrogens (tertiary/aromatic N) is 1. The first kappa shape index (κ1) is 19.2. The van der Waals surface area contributed by atoms with Gasteiger partial charge in [0.15, 0.2) is 0 Å². The molecule has 1 fully saturated rings. The standard InChI is InChI=1S/C16H34NO.ClH/c1-4-5-6-7-8-9-10-11-12-13-17(2,3)14-16-15-18-16;/h16H,4-15H2,1-3H3;1H/q+1;/p-1. The van der Waals surface area contributed by atoms with Crippen LogP contribution in [-0.2, 0) is 4.74 Å². The van der Waals surface area contributed by atoms with E-state index in [4.69, 9.17) is 4.74 Å². The van der Waals surface area contributed by atoms with Crippen molar-refractivity contribution in [1.82, 2.24) is 0 Å². The van der Waals surface area contributed by atoms with E-state index in [1.807, 2.05) is 0 Å². The molecule has 0 aliphatic carbocycles. The van der Waals surface area contributed by atoms with E-state index in [9.17, 15) is 0 Å². The van der Waals surface area contributed by atoms with Crippen molar-refractivity contribution in [2.24, 2.45) is 0 Å². The van der Waals surface area contributed by atoms with Crippen LogP contribution in [0.5, 0.6) is 0 Å². The molecule has 2 nitrogen and oxygen atoms in total. The summed E-state index contributed by atoms with van der Waals surface area (Å²) < 4.78 is 6.46. The molecular weight excluding hydrogens is 258 g/mol. The van der Waals surface area contributed by atoms with Crippen molar-refractivity contribution < 1.29 is 21.6 Å². The van der Waals surface area contributed by atoms with Gasteiger partial charge >= 0.3 is 0 Å². The van der Waals surface area contributed by atoms with Gasteiger partial charge in [0.1, 0.15) is 12.6 Å². The van der Waals surface area contributed by atoms with Crippen LogP contribution in [0.25, 0.3) is 0 Å². The van der Waals surface area contributed by atoms with E-state index in [-0.39, 0.29) is 12.4 Å². The van der Waals surface area contributed by atoms with Crippen LogP contribution in [0.15, 0.2) is 0 Å². The molecule has 0 N–H and O–H groups in total. The fourth-order valence-corrected chi connectivity index (χ4v) is 2.67. The summed E-state index contributed by atoms with van der Waals surface area (Å²) in [5.74, 6) is 0. The van der Waals surface area contributed by atoms with Crippen LogP contribution in [0.2, 0.25) is 0 Å². The zero-order chi connectivity index (χ0) is 13.3. The average molecular weight is 292 g/mol. The Bertz CT molecular complexity index is 205. The van der Waals surface area contributed by atoms with Crippen LogP contribution in [-0.4, -0.2) is 44.4 Å². The molecule has 0 saturated carbocycles. The fraction of sp³-hybridized carbons (Fsp3) is 1.00. The van der Waals surface area contributed by atoms with Crippen molar-refractivity contribution >= 4 is 0 Å². The Labute approximate surface area is 126 Å². The van der Waals surface area contributed by atoms with E-state index in [0.717, 1.165) is 11.1 Å². The van der Waals surface area contributed by atoms with Crippen molar-refractivity contribution in [3.05, 3.63) is 0 Å². The Kier molecular flexibility index (Phi) is 11.1. The Balaban J connectivity index is 0.00000324. The van der Waals surface area contributed by atoms with Crippen molar-refractivity contribution in [3.63, 3.8) is 0 Å². The monoisotopic (exact) mass is 291 g/mol. The third kappa shape index (κ3) is 11.7. The molecule has 3 heteroatoms. The summed E-state index contributed by atoms with van der Waals surface area (Å²) in [6.45, 7) is 5.80. The number of unbranched alkanes of at least 4 members (excludes halogenated alkanes) is 8. The predicted octanol–water partition coefficient (Wildman–Crippen LogP) is 0.996. The summed E-state index contributed by atoms with van der Waals surface area (Å²) in [5.41, 5.74) is 0. The molecule has 19 heavy (non-hydrogen) atoms. The third-order valence-electron chi connectivity index (χ3n) is 3.97. The summed E-state index contributed by atoms with van der Waals surface area (Å²) >= 11 is 0. The Morgan fingerprint density at radius 1 is 0.895 bits per heavy atom. The number of ether oxygens (including phenoxy) is 1. The number of likely N-dealkylation sites (N-methyl/N-ethyl adjacent to an activating group) is 1. The van der Waals surface area contributed by atoms with Crippen LogP contribution in [0.3, 0.4) is 0 Å². The highest BCUT2D eigenvalue weighted by molar-refractivity contribution is 4.67. The number of rotatable bonds is 12. The second-order valence-corrected chi connectivity index (χ2v) is 6.63. The largest absolute Gasteiger partial charge is 1.00 e. The van der Waals surface area contributed by atoms with Crippen LogP contribution in [0.4, 0.5) is 0 Å². The first-order valence-corrected chi connectivity index (χ1v) is 8.07. The smallest absolute Gasteiger partial charge is 0.130 e. The maximum Gasteiger partial charge on any atom is 0.130 e. The van der Waals surface area contributed by atoms with Gasteiger partial charge in [-0.1, -0.05) is 51.9 Å². The number of hydrogen-bond acceptors (Lipinski definition) is 1. The molecule has 0 spiro atoms. The second-order valence-electron chi connectivity index (χ2n) is 6.63. The third-order valence-corrected chi connectivity index (χ3v) is 3.97. The molecule has 1 unspecified atom stereocenters. The van der Waals surface area contributed by atoms with Gasteiger partial charge in [0.2, 0.25) is 0 Å². The van der Waals surface area contributed by atoms with Gasteiger partial charge in [-0.25, -0.2) is 0 Å². The van der Waals surface area contributed by atoms with Crippen LogP contribution in [0, 0.1) is 0 Å². The van der Waals surface area contributed by atoms with Gasteiger partial charge < -0.3 is 21.6 Å². The van der Waals surface area contributed by atoms with Gasteiger partial charge in [-0.05, 0) is 12.8 Å². The van der Waals surface area contributed by atoms with Crippen molar-refractivity contribution in [3.8, 4) is 0 Å². The number of quaternary nitrogens is 1. The highest BCUT2D eigenvalue weighted by Gasteiger charge is 2.30. The normalized spacial score (nSPS) is 18.2. The summed E-state index contributed by atoms with van der Waals surface area (Å²) in [6.07, 6.45) is 13.4. The first-order chi connectivity index (χ1) is 8.64. The Hall–Kier alpha value is 0.210. The number of epoxide rings is 1. The molecular formula is C16H34ClNO. The fourth-order valence-electron chi connectivity index (χ4n) is 2.67. The zero-order valence-electron chi connectivity index (χ0n) is 13.3. The number of halogens is 1. The predicted molar refractivity (Wildman–Crippen MR) is 78.8 cm³/mol. The van der Waals surface area contributed by atoms with Crippen LogP contribution >= 0.6 is 0 Å². The minimum Gasteiger partial charge on any atom is -1.00 e. The van der Waals surface area contributed by atoms with E-state index in [2.05, 4.69) is 21.0 Å². The van der Waals surface area contributed by atoms with Gasteiger partial charge in [-0.2, -0.15) is 0 Å². The maximum atomic E-state index is 5.32. The van der Waals surface area contributed by atoms with Gasteiger partial charge in [0.05, 0.1) is 27.2 Å². The van der Waals surface area contributed by atoms with Crippen LogP contribution < -0.4 is 12.4 Å². The Morgan fingerprint density at radius 3 is 1.84 bits per heavy atom. The van der Waals surface area contributed by atoms with E-state index < -0.39 is 0 Å². The lowest BCUT2D eigenvalue weighted by atomic mass is 10.1. The number of hydrogen-bond donors (Lipinski definition) is 0. The molecule has 1 aliphatic heterocycles. The molecule has 116 valence electrons. The van der Waals surface area contributed by atoms with Gasteiger partial charge in [-0.3, -0.25) is 0 Å². The van der Waals surface area contributed by atoms with Crippen molar-refractivity contribution in [2.75, 3.05) is 33.8 Å². The summed E-state index contributed by atoms with van der Waals surface area (Å²) in [7, 11) is 4.68. The van der Waals surface area contributed by atoms with E-state index in [1.165, 1.54) is 70.9 Å². The van der Waals surface area contributed by atoms with Gasteiger partial charge in [-0.15, -0.1) is 0 Å². The second kappa shape index (κ2) is 10.9. The topological polar surface area (TPSA) is 12.5 Å². The van der Waals surface area contributed by atoms with Crippen molar-refractivity contribution in [2.45, 2.75) is 70.8 Å². The minimum atomic E-state index is 0. The molecule has 0 amide bonds. The molecule has 0 aromatic heterocycles. The van der Waals surface area contributed by atoms with E-state index in [0.29, 0.717) is 6.10 Å². The lowest BCUT2D eigenvalue weighted by molar-refractivity contribution is -0.891. The molecule has 1 heterocycles. The van der Waals surface area contributed by atoms with Crippen molar-refractivity contribution in [1.29, 1.82) is 0 Å². The summed E-state index contributed by atoms with van der Waals surface area (Å²) in [4.78, 5) is 0. The lowest BCUT2D eigenvalue weighted by Gasteiger charge is -2.29. The van der Waals surface area contributed by atoms with Crippen LogP contribution in [0.1, 0.15) is 64.7 Å². The average Bonchev–Trinajstić information content (AvgIpc) is 3.10. The zero-order valence-corrected chi connectivity index (χ0v) is 14.1. The Morgan fingerprint density at radius 2 is 1.37 bits per heavy atom. The maximum absolute atomic E-state index is 5.32. The van der Waals surface area contributed by atoms with E-state index in [1.54, 1.807) is 0 Å². The molecule has 1 rings (SSSR count).